The van der Waals surface area contributed by atoms with Crippen molar-refractivity contribution < 1.29 is 19.1 Å². The van der Waals surface area contributed by atoms with E-state index in [-0.39, 0.29) is 11.8 Å². The molecule has 1 spiro atoms. The molecule has 328 valence electrons. The molecule has 0 radical (unpaired) electrons. The number of ether oxygens (including phenoxy) is 2. The number of aromatic nitrogens is 2. The highest BCUT2D eigenvalue weighted by Gasteiger charge is 2.52. The number of para-hydroxylation sites is 2. The number of nitrogens with zero attached hydrogens (tertiary/aromatic N) is 2. The van der Waals surface area contributed by atoms with E-state index in [4.69, 9.17) is 9.47 Å². The molecule has 0 bridgehead atoms. The van der Waals surface area contributed by atoms with E-state index in [9.17, 15) is 9.59 Å². The van der Waals surface area contributed by atoms with Crippen LogP contribution in [0.15, 0.2) is 112 Å². The first-order valence-corrected chi connectivity index (χ1v) is 24.6. The molecule has 1 unspecified atom stereocenters. The van der Waals surface area contributed by atoms with Crippen molar-refractivity contribution in [2.24, 2.45) is 0 Å². The standard InChI is InChI=1S/C24H27N3O2S2.C23H21N3O2S2.C2H6/c1-16(23-26-11-12-30-23)18-13-17(27-31-21-8-5-4-7-20(21)29-3)14-19(22(18)25-2)24(15-28)9-6-10-24;1-14(21-24-10-11-29-21)16-12-15(26-30-19-7-4-3-6-18(19)28-2)13-17-20(16)25-22(27)23(17)8-5-9-23;1-2/h4-5,7-8,11-16,25,27H,6,9-10H2,1-3H3;3-4,6-7,10-13,26H,1,5,8-9H2,2H3,(H,25,27);1-2H3. The zero-order valence-electron chi connectivity index (χ0n) is 36.5. The number of carbonyl (C=O) groups excluding carboxylic acids is 2. The van der Waals surface area contributed by atoms with Crippen LogP contribution in [0.3, 0.4) is 0 Å². The Kier molecular flexibility index (Phi) is 14.9. The summed E-state index contributed by atoms with van der Waals surface area (Å²) in [5.41, 5.74) is 8.03. The predicted molar refractivity (Wildman–Crippen MR) is 264 cm³/mol. The summed E-state index contributed by atoms with van der Waals surface area (Å²) in [5, 5.41) is 12.4. The number of rotatable bonds is 15. The number of fused-ring (bicyclic) bond motifs is 2. The van der Waals surface area contributed by atoms with Crippen LogP contribution in [-0.2, 0) is 20.4 Å². The number of amides is 1. The van der Waals surface area contributed by atoms with Crippen molar-refractivity contribution >= 4 is 87.1 Å². The van der Waals surface area contributed by atoms with Crippen molar-refractivity contribution in [3.05, 3.63) is 135 Å². The Hall–Kier alpha value is -5.28. The van der Waals surface area contributed by atoms with Crippen LogP contribution >= 0.6 is 46.6 Å². The van der Waals surface area contributed by atoms with Gasteiger partial charge in [-0.05, 0) is 115 Å². The minimum atomic E-state index is -0.414. The first-order valence-electron chi connectivity index (χ1n) is 21.2. The summed E-state index contributed by atoms with van der Waals surface area (Å²) >= 11 is 6.21. The van der Waals surface area contributed by atoms with Gasteiger partial charge in [-0.25, -0.2) is 9.97 Å². The van der Waals surface area contributed by atoms with Crippen LogP contribution in [0.5, 0.6) is 11.5 Å². The largest absolute Gasteiger partial charge is 0.496 e. The summed E-state index contributed by atoms with van der Waals surface area (Å²) < 4.78 is 17.9. The zero-order valence-corrected chi connectivity index (χ0v) is 39.8. The van der Waals surface area contributed by atoms with Gasteiger partial charge >= 0.3 is 0 Å². The fraction of sp³-hybridized carbons (Fsp3) is 0.306. The molecule has 2 aromatic heterocycles. The summed E-state index contributed by atoms with van der Waals surface area (Å²) in [4.78, 5) is 36.0. The molecular weight excluding hydrogens is 865 g/mol. The molecule has 4 aromatic carbocycles. The molecule has 63 heavy (non-hydrogen) atoms. The summed E-state index contributed by atoms with van der Waals surface area (Å²) in [6.45, 7) is 10.5. The molecule has 9 rings (SSSR count). The van der Waals surface area contributed by atoms with Crippen LogP contribution in [-0.4, -0.2) is 43.4 Å². The Balaban J connectivity index is 0.000000182. The number of aldehydes is 1. The maximum absolute atomic E-state index is 12.9. The van der Waals surface area contributed by atoms with Gasteiger partial charge in [-0.3, -0.25) is 4.79 Å². The molecule has 14 heteroatoms. The number of nitrogens with one attached hydrogen (secondary N) is 4. The van der Waals surface area contributed by atoms with Crippen molar-refractivity contribution in [1.82, 2.24) is 9.97 Å². The highest BCUT2D eigenvalue weighted by atomic mass is 32.2. The second kappa shape index (κ2) is 20.5. The average Bonchev–Trinajstić information content (AvgIpc) is 4.09. The predicted octanol–water partition coefficient (Wildman–Crippen LogP) is 12.8. The second-order valence-electron chi connectivity index (χ2n) is 15.3. The Labute approximate surface area is 387 Å². The van der Waals surface area contributed by atoms with Crippen LogP contribution in [0.4, 0.5) is 22.7 Å². The smallest absolute Gasteiger partial charge is 0.235 e. The number of carbonyl (C=O) groups is 2. The van der Waals surface area contributed by atoms with Crippen LogP contribution in [0.25, 0.3) is 5.57 Å². The van der Waals surface area contributed by atoms with E-state index >= 15 is 0 Å². The maximum Gasteiger partial charge on any atom is 0.235 e. The van der Waals surface area contributed by atoms with Gasteiger partial charge in [0, 0.05) is 64.3 Å². The van der Waals surface area contributed by atoms with E-state index in [0.29, 0.717) is 0 Å². The SMILES string of the molecule is C=C(c1nccs1)c1cc(NSc2ccccc2OC)cc2c1NC(=O)C21CCC1.CC.CNc1c(C(C)c2nccs2)cc(NSc2ccccc2OC)cc1C1(C=O)CCC1. The third-order valence-corrected chi connectivity index (χ3v) is 15.5. The van der Waals surface area contributed by atoms with Crippen molar-refractivity contribution in [3.63, 3.8) is 0 Å². The van der Waals surface area contributed by atoms with Crippen LogP contribution < -0.4 is 29.6 Å². The lowest BCUT2D eigenvalue weighted by Crippen LogP contribution is -2.40. The molecule has 1 aliphatic heterocycles. The van der Waals surface area contributed by atoms with E-state index < -0.39 is 10.8 Å². The molecule has 1 atom stereocenters. The van der Waals surface area contributed by atoms with E-state index in [1.54, 1.807) is 43.1 Å². The second-order valence-corrected chi connectivity index (χ2v) is 18.8. The van der Waals surface area contributed by atoms with Gasteiger partial charge in [-0.2, -0.15) is 0 Å². The molecule has 2 fully saturated rings. The fourth-order valence-electron chi connectivity index (χ4n) is 8.28. The Morgan fingerprint density at radius 1 is 0.841 bits per heavy atom. The number of methoxy groups -OCH3 is 2. The maximum atomic E-state index is 12.9. The van der Waals surface area contributed by atoms with Gasteiger partial charge in [0.25, 0.3) is 0 Å². The van der Waals surface area contributed by atoms with Crippen LogP contribution in [0, 0.1) is 0 Å². The molecule has 10 nitrogen and oxygen atoms in total. The molecular formula is C49H54N6O4S4. The first kappa shape index (κ1) is 45.7. The molecule has 2 saturated carbocycles. The van der Waals surface area contributed by atoms with E-state index in [1.807, 2.05) is 92.4 Å². The molecule has 3 heterocycles. The van der Waals surface area contributed by atoms with Crippen molar-refractivity contribution in [3.8, 4) is 11.5 Å². The number of benzene rings is 4. The number of hydrogen-bond acceptors (Lipinski definition) is 13. The summed E-state index contributed by atoms with van der Waals surface area (Å²) in [5.74, 6) is 1.86. The third kappa shape index (κ3) is 9.22. The Morgan fingerprint density at radius 2 is 1.43 bits per heavy atom. The van der Waals surface area contributed by atoms with Crippen LogP contribution in [0.2, 0.25) is 0 Å². The van der Waals surface area contributed by atoms with E-state index in [2.05, 4.69) is 61.7 Å². The number of hydrogen-bond donors (Lipinski definition) is 4. The van der Waals surface area contributed by atoms with Gasteiger partial charge in [-0.15, -0.1) is 22.7 Å². The summed E-state index contributed by atoms with van der Waals surface area (Å²) in [7, 11) is 5.28. The van der Waals surface area contributed by atoms with Gasteiger partial charge in [0.2, 0.25) is 5.91 Å². The highest BCUT2D eigenvalue weighted by Crippen LogP contribution is 2.54. The molecule has 1 amide bonds. The Morgan fingerprint density at radius 3 is 1.94 bits per heavy atom. The van der Waals surface area contributed by atoms with E-state index in [0.717, 1.165) is 127 Å². The van der Waals surface area contributed by atoms with E-state index in [1.165, 1.54) is 23.9 Å². The van der Waals surface area contributed by atoms with Crippen molar-refractivity contribution in [2.45, 2.75) is 85.8 Å². The van der Waals surface area contributed by atoms with Gasteiger partial charge < -0.3 is 34.3 Å². The lowest BCUT2D eigenvalue weighted by molar-refractivity contribution is -0.123. The molecule has 4 N–H and O–H groups in total. The van der Waals surface area contributed by atoms with Gasteiger partial charge in [0.1, 0.15) is 22.8 Å². The van der Waals surface area contributed by atoms with Crippen molar-refractivity contribution in [1.29, 1.82) is 0 Å². The van der Waals surface area contributed by atoms with Gasteiger partial charge in [-0.1, -0.05) is 64.5 Å². The number of anilines is 4. The Bertz CT molecular complexity index is 2540. The average molecular weight is 919 g/mol. The topological polar surface area (TPSA) is 126 Å². The quantitative estimate of drug-likeness (QED) is 0.0581. The minimum Gasteiger partial charge on any atom is -0.496 e. The highest BCUT2D eigenvalue weighted by molar-refractivity contribution is 8.01. The molecule has 2 aliphatic carbocycles. The lowest BCUT2D eigenvalue weighted by atomic mass is 9.64. The zero-order chi connectivity index (χ0) is 44.6. The van der Waals surface area contributed by atoms with Crippen molar-refractivity contribution in [2.75, 3.05) is 41.3 Å². The summed E-state index contributed by atoms with van der Waals surface area (Å²) in [6.07, 6.45) is 10.5. The molecule has 3 aliphatic rings. The minimum absolute atomic E-state index is 0.103. The molecule has 0 saturated heterocycles. The third-order valence-electron chi connectivity index (χ3n) is 12.0. The first-order chi connectivity index (χ1) is 30.7. The van der Waals surface area contributed by atoms with Gasteiger partial charge in [0.05, 0.1) is 45.5 Å². The monoisotopic (exact) mass is 918 g/mol. The normalized spacial score (nSPS) is 15.4. The fourth-order valence-corrected chi connectivity index (χ4v) is 11.1. The molecule has 6 aromatic rings. The van der Waals surface area contributed by atoms with Gasteiger partial charge in [0.15, 0.2) is 0 Å². The number of thiazole rings is 2. The lowest BCUT2D eigenvalue weighted by Gasteiger charge is -2.39. The van der Waals surface area contributed by atoms with Crippen LogP contribution in [0.1, 0.15) is 97.5 Å². The summed E-state index contributed by atoms with van der Waals surface area (Å²) in [6, 6.07) is 24.3.